The molecule has 1 atom stereocenters. The van der Waals surface area contributed by atoms with E-state index in [0.717, 1.165) is 0 Å². The predicted molar refractivity (Wildman–Crippen MR) is 93.2 cm³/mol. The number of nitrogens with two attached hydrogens (primary N) is 1. The van der Waals surface area contributed by atoms with Crippen LogP contribution in [-0.2, 0) is 9.59 Å². The van der Waals surface area contributed by atoms with E-state index in [0.29, 0.717) is 23.7 Å². The number of amides is 2. The van der Waals surface area contributed by atoms with Crippen molar-refractivity contribution in [1.29, 1.82) is 0 Å². The Kier molecular flexibility index (Phi) is 8.75. The van der Waals surface area contributed by atoms with E-state index in [2.05, 4.69) is 10.6 Å². The number of carbonyl (C=O) groups excluding carboxylic acids is 2. The van der Waals surface area contributed by atoms with Crippen molar-refractivity contribution in [2.45, 2.75) is 40.2 Å². The molecule has 0 saturated heterocycles. The summed E-state index contributed by atoms with van der Waals surface area (Å²) in [6.45, 7) is 7.70. The molecule has 0 bridgehead atoms. The first-order valence-electron chi connectivity index (χ1n) is 7.27. The van der Waals surface area contributed by atoms with Crippen LogP contribution < -0.4 is 16.4 Å². The van der Waals surface area contributed by atoms with Crippen LogP contribution >= 0.6 is 12.4 Å². The number of halogens is 1. The summed E-state index contributed by atoms with van der Waals surface area (Å²) in [7, 11) is 0. The van der Waals surface area contributed by atoms with Gasteiger partial charge in [0.1, 0.15) is 0 Å². The standard InChI is InChI=1S/C16H25N3O2.ClH/c1-10(2)8-14(17)16(21)19-13-7-5-6-12(9-13)18-15(20)11(3)4;/h5-7,9-11,14H,8,17H2,1-4H3,(H,18,20)(H,19,21);1H/t14-;/m0./s1. The van der Waals surface area contributed by atoms with Gasteiger partial charge in [-0.05, 0) is 30.5 Å². The van der Waals surface area contributed by atoms with Gasteiger partial charge in [0.2, 0.25) is 11.8 Å². The molecule has 5 nitrogen and oxygen atoms in total. The highest BCUT2D eigenvalue weighted by atomic mass is 35.5. The summed E-state index contributed by atoms with van der Waals surface area (Å²) in [5.74, 6) is -0.00357. The third kappa shape index (κ3) is 6.91. The van der Waals surface area contributed by atoms with Crippen LogP contribution in [0.3, 0.4) is 0 Å². The maximum absolute atomic E-state index is 12.0. The molecule has 2 amide bonds. The first kappa shape index (κ1) is 20.4. The van der Waals surface area contributed by atoms with Gasteiger partial charge in [-0.25, -0.2) is 0 Å². The lowest BCUT2D eigenvalue weighted by Gasteiger charge is -2.15. The van der Waals surface area contributed by atoms with Crippen LogP contribution in [0.4, 0.5) is 11.4 Å². The highest BCUT2D eigenvalue weighted by molar-refractivity contribution is 5.96. The second kappa shape index (κ2) is 9.43. The van der Waals surface area contributed by atoms with E-state index >= 15 is 0 Å². The Balaban J connectivity index is 0.00000441. The minimum Gasteiger partial charge on any atom is -0.326 e. The smallest absolute Gasteiger partial charge is 0.241 e. The van der Waals surface area contributed by atoms with Crippen molar-refractivity contribution in [2.75, 3.05) is 10.6 Å². The highest BCUT2D eigenvalue weighted by Crippen LogP contribution is 2.16. The summed E-state index contributed by atoms with van der Waals surface area (Å²) in [4.78, 5) is 23.6. The minimum atomic E-state index is -0.529. The van der Waals surface area contributed by atoms with E-state index < -0.39 is 6.04 Å². The van der Waals surface area contributed by atoms with Crippen molar-refractivity contribution in [3.63, 3.8) is 0 Å². The molecule has 0 radical (unpaired) electrons. The van der Waals surface area contributed by atoms with Crippen molar-refractivity contribution >= 4 is 35.6 Å². The third-order valence-corrected chi connectivity index (χ3v) is 2.98. The number of benzene rings is 1. The fourth-order valence-corrected chi connectivity index (χ4v) is 1.81. The zero-order chi connectivity index (χ0) is 16.0. The molecule has 1 rings (SSSR count). The largest absolute Gasteiger partial charge is 0.326 e. The predicted octanol–water partition coefficient (Wildman–Crippen LogP) is 3.01. The van der Waals surface area contributed by atoms with Crippen molar-refractivity contribution in [1.82, 2.24) is 0 Å². The van der Waals surface area contributed by atoms with Gasteiger partial charge >= 0.3 is 0 Å². The van der Waals surface area contributed by atoms with Gasteiger partial charge in [0.05, 0.1) is 6.04 Å². The summed E-state index contributed by atoms with van der Waals surface area (Å²) in [5, 5.41) is 5.57. The lowest BCUT2D eigenvalue weighted by molar-refractivity contribution is -0.119. The van der Waals surface area contributed by atoms with E-state index in [1.807, 2.05) is 27.7 Å². The molecular formula is C16H26ClN3O2. The second-order valence-corrected chi connectivity index (χ2v) is 5.95. The van der Waals surface area contributed by atoms with E-state index in [1.54, 1.807) is 24.3 Å². The number of rotatable bonds is 6. The van der Waals surface area contributed by atoms with Crippen LogP contribution in [0, 0.1) is 11.8 Å². The summed E-state index contributed by atoms with van der Waals surface area (Å²) in [6, 6.07) is 6.52. The lowest BCUT2D eigenvalue weighted by Crippen LogP contribution is -2.36. The quantitative estimate of drug-likeness (QED) is 0.751. The Labute approximate surface area is 138 Å². The molecule has 1 aromatic rings. The van der Waals surface area contributed by atoms with Crippen LogP contribution in [0.5, 0.6) is 0 Å². The van der Waals surface area contributed by atoms with E-state index in [-0.39, 0.29) is 30.1 Å². The molecule has 6 heteroatoms. The fraction of sp³-hybridized carbons (Fsp3) is 0.500. The van der Waals surface area contributed by atoms with Crippen LogP contribution in [0.1, 0.15) is 34.1 Å². The van der Waals surface area contributed by atoms with E-state index in [4.69, 9.17) is 5.73 Å². The molecule has 0 aliphatic rings. The van der Waals surface area contributed by atoms with E-state index in [9.17, 15) is 9.59 Å². The lowest BCUT2D eigenvalue weighted by atomic mass is 10.0. The normalized spacial score (nSPS) is 11.8. The molecule has 1 aromatic carbocycles. The van der Waals surface area contributed by atoms with Gasteiger partial charge in [-0.3, -0.25) is 9.59 Å². The van der Waals surface area contributed by atoms with Gasteiger partial charge in [0, 0.05) is 17.3 Å². The number of nitrogens with one attached hydrogen (secondary N) is 2. The minimum absolute atomic E-state index is 0. The molecule has 0 saturated carbocycles. The molecule has 0 unspecified atom stereocenters. The maximum atomic E-state index is 12.0. The average molecular weight is 328 g/mol. The molecule has 124 valence electrons. The Morgan fingerprint density at radius 3 is 2.00 bits per heavy atom. The molecule has 0 spiro atoms. The van der Waals surface area contributed by atoms with Crippen LogP contribution in [0.25, 0.3) is 0 Å². The number of carbonyl (C=O) groups is 2. The van der Waals surface area contributed by atoms with Gasteiger partial charge in [0.15, 0.2) is 0 Å². The molecule has 0 heterocycles. The maximum Gasteiger partial charge on any atom is 0.241 e. The first-order valence-corrected chi connectivity index (χ1v) is 7.27. The van der Waals surface area contributed by atoms with Crippen LogP contribution in [-0.4, -0.2) is 17.9 Å². The van der Waals surface area contributed by atoms with Gasteiger partial charge < -0.3 is 16.4 Å². The van der Waals surface area contributed by atoms with Crippen molar-refractivity contribution in [3.05, 3.63) is 24.3 Å². The molecular weight excluding hydrogens is 302 g/mol. The number of hydrogen-bond acceptors (Lipinski definition) is 3. The summed E-state index contributed by atoms with van der Waals surface area (Å²) in [5.41, 5.74) is 7.12. The Morgan fingerprint density at radius 2 is 1.55 bits per heavy atom. The topological polar surface area (TPSA) is 84.2 Å². The highest BCUT2D eigenvalue weighted by Gasteiger charge is 2.15. The molecule has 0 aliphatic heterocycles. The Morgan fingerprint density at radius 1 is 1.05 bits per heavy atom. The third-order valence-electron chi connectivity index (χ3n) is 2.98. The Bertz CT molecular complexity index is 504. The Hall–Kier alpha value is -1.59. The molecule has 0 aromatic heterocycles. The zero-order valence-corrected chi connectivity index (χ0v) is 14.4. The van der Waals surface area contributed by atoms with Crippen LogP contribution in [0.15, 0.2) is 24.3 Å². The molecule has 0 aliphatic carbocycles. The monoisotopic (exact) mass is 327 g/mol. The van der Waals surface area contributed by atoms with Gasteiger partial charge in [0.25, 0.3) is 0 Å². The molecule has 22 heavy (non-hydrogen) atoms. The summed E-state index contributed by atoms with van der Waals surface area (Å²) < 4.78 is 0. The average Bonchev–Trinajstić information content (AvgIpc) is 2.38. The number of hydrogen-bond donors (Lipinski definition) is 3. The van der Waals surface area contributed by atoms with Gasteiger partial charge in [-0.15, -0.1) is 12.4 Å². The molecule has 4 N–H and O–H groups in total. The fourth-order valence-electron chi connectivity index (χ4n) is 1.81. The SMILES string of the molecule is CC(C)C[C@H](N)C(=O)Nc1cccc(NC(=O)C(C)C)c1.Cl. The van der Waals surface area contributed by atoms with Crippen molar-refractivity contribution in [3.8, 4) is 0 Å². The van der Waals surface area contributed by atoms with Crippen molar-refractivity contribution in [2.24, 2.45) is 17.6 Å². The second-order valence-electron chi connectivity index (χ2n) is 5.95. The first-order chi connectivity index (χ1) is 9.79. The van der Waals surface area contributed by atoms with E-state index in [1.165, 1.54) is 0 Å². The van der Waals surface area contributed by atoms with Crippen molar-refractivity contribution < 1.29 is 9.59 Å². The zero-order valence-electron chi connectivity index (χ0n) is 13.6. The molecule has 0 fully saturated rings. The van der Waals surface area contributed by atoms with Gasteiger partial charge in [-0.1, -0.05) is 33.8 Å². The number of anilines is 2. The van der Waals surface area contributed by atoms with Gasteiger partial charge in [-0.2, -0.15) is 0 Å². The summed E-state index contributed by atoms with van der Waals surface area (Å²) >= 11 is 0. The van der Waals surface area contributed by atoms with Crippen LogP contribution in [0.2, 0.25) is 0 Å². The summed E-state index contributed by atoms with van der Waals surface area (Å²) in [6.07, 6.45) is 0.635.